The number of halogens is 1. The SMILES string of the molecule is Cc1cc(Br)c(NC2CC(C)N(C3CC3)C2)cc1[N+](=O)[O-]. The van der Waals surface area contributed by atoms with Crippen molar-refractivity contribution in [3.63, 3.8) is 0 Å². The van der Waals surface area contributed by atoms with Gasteiger partial charge in [0, 0.05) is 40.8 Å². The minimum atomic E-state index is -0.319. The fourth-order valence-electron chi connectivity index (χ4n) is 3.26. The van der Waals surface area contributed by atoms with E-state index in [2.05, 4.69) is 33.1 Å². The highest BCUT2D eigenvalue weighted by Crippen LogP contribution is 2.36. The zero-order valence-corrected chi connectivity index (χ0v) is 13.9. The topological polar surface area (TPSA) is 58.4 Å². The fourth-order valence-corrected chi connectivity index (χ4v) is 3.84. The maximum Gasteiger partial charge on any atom is 0.274 e. The summed E-state index contributed by atoms with van der Waals surface area (Å²) in [4.78, 5) is 13.3. The Morgan fingerprint density at radius 3 is 2.76 bits per heavy atom. The minimum Gasteiger partial charge on any atom is -0.380 e. The van der Waals surface area contributed by atoms with Crippen molar-refractivity contribution >= 4 is 27.3 Å². The van der Waals surface area contributed by atoms with Gasteiger partial charge in [0.25, 0.3) is 5.69 Å². The number of anilines is 1. The third-order valence-electron chi connectivity index (χ3n) is 4.48. The summed E-state index contributed by atoms with van der Waals surface area (Å²) in [6, 6.07) is 5.18. The summed E-state index contributed by atoms with van der Waals surface area (Å²) in [7, 11) is 0. The van der Waals surface area contributed by atoms with E-state index in [9.17, 15) is 10.1 Å². The number of hydrogen-bond acceptors (Lipinski definition) is 4. The number of nitro groups is 1. The van der Waals surface area contributed by atoms with Crippen molar-refractivity contribution in [3.8, 4) is 0 Å². The van der Waals surface area contributed by atoms with Gasteiger partial charge >= 0.3 is 0 Å². The molecule has 0 spiro atoms. The molecule has 1 aromatic rings. The number of benzene rings is 1. The molecule has 21 heavy (non-hydrogen) atoms. The van der Waals surface area contributed by atoms with Crippen LogP contribution in [-0.2, 0) is 0 Å². The molecule has 3 rings (SSSR count). The van der Waals surface area contributed by atoms with Crippen molar-refractivity contribution in [3.05, 3.63) is 32.3 Å². The number of nitrogens with zero attached hydrogens (tertiary/aromatic N) is 2. The maximum absolute atomic E-state index is 11.1. The molecule has 2 aliphatic rings. The Kier molecular flexibility index (Phi) is 3.92. The van der Waals surface area contributed by atoms with Gasteiger partial charge in [-0.25, -0.2) is 0 Å². The predicted molar refractivity (Wildman–Crippen MR) is 86.8 cm³/mol. The smallest absolute Gasteiger partial charge is 0.274 e. The monoisotopic (exact) mass is 353 g/mol. The second-order valence-corrected chi connectivity index (χ2v) is 7.08. The molecule has 1 heterocycles. The second-order valence-electron chi connectivity index (χ2n) is 6.23. The molecule has 0 bridgehead atoms. The normalized spacial score (nSPS) is 26.0. The Balaban J connectivity index is 1.75. The van der Waals surface area contributed by atoms with Crippen LogP contribution in [-0.4, -0.2) is 34.5 Å². The minimum absolute atomic E-state index is 0.172. The molecule has 6 heteroatoms. The van der Waals surface area contributed by atoms with Crippen LogP contribution in [0.1, 0.15) is 31.7 Å². The number of hydrogen-bond donors (Lipinski definition) is 1. The van der Waals surface area contributed by atoms with Crippen LogP contribution in [0.3, 0.4) is 0 Å². The van der Waals surface area contributed by atoms with Crippen LogP contribution in [0.25, 0.3) is 0 Å². The van der Waals surface area contributed by atoms with Crippen LogP contribution >= 0.6 is 15.9 Å². The van der Waals surface area contributed by atoms with Crippen LogP contribution < -0.4 is 5.32 Å². The second kappa shape index (κ2) is 5.57. The zero-order chi connectivity index (χ0) is 15.1. The first-order valence-electron chi connectivity index (χ1n) is 7.42. The van der Waals surface area contributed by atoms with Crippen LogP contribution in [0, 0.1) is 17.0 Å². The molecule has 1 aromatic carbocycles. The van der Waals surface area contributed by atoms with Gasteiger partial charge in [-0.2, -0.15) is 0 Å². The summed E-state index contributed by atoms with van der Waals surface area (Å²) in [6.45, 7) is 5.06. The fraction of sp³-hybridized carbons (Fsp3) is 0.600. The highest BCUT2D eigenvalue weighted by molar-refractivity contribution is 9.10. The van der Waals surface area contributed by atoms with E-state index in [-0.39, 0.29) is 10.6 Å². The highest BCUT2D eigenvalue weighted by Gasteiger charge is 2.38. The van der Waals surface area contributed by atoms with Crippen LogP contribution in [0.2, 0.25) is 0 Å². The van der Waals surface area contributed by atoms with Gasteiger partial charge in [0.1, 0.15) is 0 Å². The Morgan fingerprint density at radius 1 is 1.43 bits per heavy atom. The van der Waals surface area contributed by atoms with E-state index in [1.54, 1.807) is 13.0 Å². The number of nitrogens with one attached hydrogen (secondary N) is 1. The van der Waals surface area contributed by atoms with E-state index in [0.717, 1.165) is 29.2 Å². The van der Waals surface area contributed by atoms with E-state index in [4.69, 9.17) is 0 Å². The van der Waals surface area contributed by atoms with Gasteiger partial charge in [-0.3, -0.25) is 15.0 Å². The summed E-state index contributed by atoms with van der Waals surface area (Å²) in [5.74, 6) is 0. The van der Waals surface area contributed by atoms with Gasteiger partial charge in [-0.05, 0) is 55.1 Å². The van der Waals surface area contributed by atoms with Gasteiger partial charge in [-0.15, -0.1) is 0 Å². The highest BCUT2D eigenvalue weighted by atomic mass is 79.9. The first kappa shape index (κ1) is 14.8. The van der Waals surface area contributed by atoms with Crippen molar-refractivity contribution < 1.29 is 4.92 Å². The van der Waals surface area contributed by atoms with E-state index in [1.807, 2.05) is 6.07 Å². The standard InChI is InChI=1S/C15H20BrN3O2/c1-9-5-13(16)14(7-15(9)19(20)21)17-11-6-10(2)18(8-11)12-3-4-12/h5,7,10-12,17H,3-4,6,8H2,1-2H3. The van der Waals surface area contributed by atoms with E-state index in [0.29, 0.717) is 17.6 Å². The zero-order valence-electron chi connectivity index (χ0n) is 12.3. The summed E-state index contributed by atoms with van der Waals surface area (Å²) < 4.78 is 0.892. The molecule has 2 fully saturated rings. The lowest BCUT2D eigenvalue weighted by Crippen LogP contribution is -2.31. The molecule has 1 saturated heterocycles. The molecule has 114 valence electrons. The molecule has 0 aromatic heterocycles. The van der Waals surface area contributed by atoms with E-state index >= 15 is 0 Å². The quantitative estimate of drug-likeness (QED) is 0.662. The van der Waals surface area contributed by atoms with Gasteiger partial charge in [-0.1, -0.05) is 0 Å². The molecule has 0 amide bonds. The molecule has 0 radical (unpaired) electrons. The molecular formula is C15H20BrN3O2. The van der Waals surface area contributed by atoms with Gasteiger partial charge < -0.3 is 5.32 Å². The predicted octanol–water partition coefficient (Wildman–Crippen LogP) is 3.70. The first-order chi connectivity index (χ1) is 9.95. The molecule has 1 N–H and O–H groups in total. The van der Waals surface area contributed by atoms with Gasteiger partial charge in [0.2, 0.25) is 0 Å². The van der Waals surface area contributed by atoms with Crippen LogP contribution in [0.5, 0.6) is 0 Å². The number of aryl methyl sites for hydroxylation is 1. The maximum atomic E-state index is 11.1. The van der Waals surface area contributed by atoms with Crippen LogP contribution in [0.15, 0.2) is 16.6 Å². The van der Waals surface area contributed by atoms with Crippen molar-refractivity contribution in [2.45, 2.75) is 51.2 Å². The molecule has 1 aliphatic heterocycles. The average Bonchev–Trinajstić information content (AvgIpc) is 3.17. The Labute approximate surface area is 133 Å². The summed E-state index contributed by atoms with van der Waals surface area (Å²) >= 11 is 3.51. The Hall–Kier alpha value is -1.14. The van der Waals surface area contributed by atoms with Crippen molar-refractivity contribution in [2.75, 3.05) is 11.9 Å². The largest absolute Gasteiger partial charge is 0.380 e. The molecular weight excluding hydrogens is 334 g/mol. The van der Waals surface area contributed by atoms with Gasteiger partial charge in [0.05, 0.1) is 10.6 Å². The number of likely N-dealkylation sites (tertiary alicyclic amines) is 1. The molecule has 2 unspecified atom stereocenters. The van der Waals surface area contributed by atoms with E-state index in [1.165, 1.54) is 12.8 Å². The third kappa shape index (κ3) is 3.06. The lowest BCUT2D eigenvalue weighted by Gasteiger charge is -2.20. The molecule has 1 saturated carbocycles. The summed E-state index contributed by atoms with van der Waals surface area (Å²) in [5, 5.41) is 14.6. The van der Waals surface area contributed by atoms with Gasteiger partial charge in [0.15, 0.2) is 0 Å². The molecule has 2 atom stereocenters. The lowest BCUT2D eigenvalue weighted by atomic mass is 10.1. The molecule has 5 nitrogen and oxygen atoms in total. The average molecular weight is 354 g/mol. The number of nitro benzene ring substituents is 1. The lowest BCUT2D eigenvalue weighted by molar-refractivity contribution is -0.385. The Bertz CT molecular complexity index is 574. The first-order valence-corrected chi connectivity index (χ1v) is 8.22. The third-order valence-corrected chi connectivity index (χ3v) is 5.14. The van der Waals surface area contributed by atoms with Crippen molar-refractivity contribution in [1.82, 2.24) is 4.90 Å². The number of rotatable bonds is 4. The summed E-state index contributed by atoms with van der Waals surface area (Å²) in [5.41, 5.74) is 1.67. The Morgan fingerprint density at radius 2 is 2.14 bits per heavy atom. The van der Waals surface area contributed by atoms with E-state index < -0.39 is 0 Å². The van der Waals surface area contributed by atoms with Crippen molar-refractivity contribution in [1.29, 1.82) is 0 Å². The van der Waals surface area contributed by atoms with Crippen LogP contribution in [0.4, 0.5) is 11.4 Å². The van der Waals surface area contributed by atoms with Crippen molar-refractivity contribution in [2.24, 2.45) is 0 Å². The summed E-state index contributed by atoms with van der Waals surface area (Å²) in [6.07, 6.45) is 3.72. The molecule has 1 aliphatic carbocycles.